The van der Waals surface area contributed by atoms with Crippen LogP contribution in [-0.2, 0) is 0 Å². The first kappa shape index (κ1) is 31.2. The highest BCUT2D eigenvalue weighted by Crippen LogP contribution is 2.40. The Hall–Kier alpha value is -6.79. The quantitative estimate of drug-likeness (QED) is 0.176. The lowest BCUT2D eigenvalue weighted by molar-refractivity contribution is 0.589. The zero-order chi connectivity index (χ0) is 35.2. The van der Waals surface area contributed by atoms with Crippen LogP contribution in [0, 0.1) is 18.6 Å². The van der Waals surface area contributed by atoms with E-state index in [1.165, 1.54) is 23.8 Å². The lowest BCUT2D eigenvalue weighted by atomic mass is 9.99. The molecule has 4 nitrogen and oxygen atoms in total. The molecular formula is C46H30F2N4. The van der Waals surface area contributed by atoms with Gasteiger partial charge in [-0.15, -0.1) is 0 Å². The van der Waals surface area contributed by atoms with Crippen LogP contribution in [-0.4, -0.2) is 19.5 Å². The summed E-state index contributed by atoms with van der Waals surface area (Å²) in [5.74, 6) is 0.0543. The highest BCUT2D eigenvalue weighted by molar-refractivity contribution is 6.10. The first-order valence-electron chi connectivity index (χ1n) is 17.1. The number of hydrogen-bond donors (Lipinski definition) is 0. The third-order valence-electron chi connectivity index (χ3n) is 9.45. The summed E-state index contributed by atoms with van der Waals surface area (Å²) < 4.78 is 33.0. The zero-order valence-corrected chi connectivity index (χ0v) is 28.1. The van der Waals surface area contributed by atoms with Crippen molar-refractivity contribution in [2.45, 2.75) is 6.92 Å². The fourth-order valence-electron chi connectivity index (χ4n) is 7.00. The predicted molar refractivity (Wildman–Crippen MR) is 206 cm³/mol. The molecule has 0 saturated carbocycles. The Morgan fingerprint density at radius 3 is 1.67 bits per heavy atom. The fraction of sp³-hybridized carbons (Fsp3) is 0.0217. The van der Waals surface area contributed by atoms with Gasteiger partial charge in [-0.1, -0.05) is 133 Å². The van der Waals surface area contributed by atoms with Gasteiger partial charge < -0.3 is 4.57 Å². The summed E-state index contributed by atoms with van der Waals surface area (Å²) in [7, 11) is 0. The summed E-state index contributed by atoms with van der Waals surface area (Å²) >= 11 is 0. The lowest BCUT2D eigenvalue weighted by Gasteiger charge is -2.17. The van der Waals surface area contributed by atoms with Gasteiger partial charge in [-0.3, -0.25) is 0 Å². The van der Waals surface area contributed by atoms with E-state index in [-0.39, 0.29) is 5.56 Å². The SMILES string of the molecule is Cc1cccc(-c2ccc3c4ccccc4n(-c4ccc(-c5c(F)cccc5F)cc4-c4nc(-c5ccccc5)nc(-c5ccccc5)n4)c3c2)c1. The lowest BCUT2D eigenvalue weighted by Crippen LogP contribution is -2.04. The minimum absolute atomic E-state index is 0.111. The number of rotatable bonds is 6. The van der Waals surface area contributed by atoms with Crippen molar-refractivity contribution in [3.05, 3.63) is 181 Å². The minimum atomic E-state index is -0.649. The number of nitrogens with zero attached hydrogens (tertiary/aromatic N) is 4. The van der Waals surface area contributed by atoms with E-state index in [1.807, 2.05) is 78.9 Å². The number of fused-ring (bicyclic) bond motifs is 3. The van der Waals surface area contributed by atoms with Crippen LogP contribution < -0.4 is 0 Å². The predicted octanol–water partition coefficient (Wildman–Crippen LogP) is 11.9. The maximum absolute atomic E-state index is 15.4. The molecule has 0 spiro atoms. The topological polar surface area (TPSA) is 43.6 Å². The van der Waals surface area contributed by atoms with E-state index in [2.05, 4.69) is 66.1 Å². The number of para-hydroxylation sites is 1. The molecule has 0 amide bonds. The summed E-state index contributed by atoms with van der Waals surface area (Å²) in [4.78, 5) is 15.0. The third kappa shape index (κ3) is 5.51. The number of aryl methyl sites for hydroxylation is 1. The van der Waals surface area contributed by atoms with Gasteiger partial charge in [0.2, 0.25) is 0 Å². The van der Waals surface area contributed by atoms with Crippen molar-refractivity contribution in [2.24, 2.45) is 0 Å². The molecule has 6 heteroatoms. The summed E-state index contributed by atoms with van der Waals surface area (Å²) in [6, 6.07) is 52.1. The standard InChI is InChI=1S/C46H30F2N4/c1-29-12-10-17-32(26-29)33-22-24-36-35-18-8-9-21-40(35)52(42(36)28-33)41-25-23-34(43-38(47)19-11-20-39(43)48)27-37(41)46-50-44(30-13-4-2-5-14-30)49-45(51-46)31-15-6-3-7-16-31/h2-28H,1H3. The van der Waals surface area contributed by atoms with Gasteiger partial charge >= 0.3 is 0 Å². The van der Waals surface area contributed by atoms with Crippen LogP contribution in [0.3, 0.4) is 0 Å². The Morgan fingerprint density at radius 1 is 0.423 bits per heavy atom. The van der Waals surface area contributed by atoms with Gasteiger partial charge in [0, 0.05) is 27.5 Å². The molecule has 2 heterocycles. The van der Waals surface area contributed by atoms with Gasteiger partial charge in [-0.2, -0.15) is 0 Å². The molecule has 52 heavy (non-hydrogen) atoms. The first-order valence-corrected chi connectivity index (χ1v) is 17.1. The number of hydrogen-bond acceptors (Lipinski definition) is 3. The van der Waals surface area contributed by atoms with Crippen molar-refractivity contribution >= 4 is 21.8 Å². The van der Waals surface area contributed by atoms with Crippen molar-refractivity contribution in [1.29, 1.82) is 0 Å². The van der Waals surface area contributed by atoms with Crippen molar-refractivity contribution < 1.29 is 8.78 Å². The molecular weight excluding hydrogens is 647 g/mol. The van der Waals surface area contributed by atoms with Gasteiger partial charge in [0.05, 0.1) is 22.3 Å². The van der Waals surface area contributed by atoms with E-state index in [4.69, 9.17) is 15.0 Å². The molecule has 0 aliphatic carbocycles. The maximum atomic E-state index is 15.4. The molecule has 0 atom stereocenters. The highest BCUT2D eigenvalue weighted by Gasteiger charge is 2.22. The van der Waals surface area contributed by atoms with Gasteiger partial charge in [0.25, 0.3) is 0 Å². The molecule has 0 unspecified atom stereocenters. The van der Waals surface area contributed by atoms with Crippen LogP contribution in [0.4, 0.5) is 8.78 Å². The van der Waals surface area contributed by atoms with Crippen LogP contribution in [0.5, 0.6) is 0 Å². The molecule has 9 rings (SSSR count). The van der Waals surface area contributed by atoms with E-state index in [0.29, 0.717) is 28.6 Å². The Bertz CT molecular complexity index is 2700. The van der Waals surface area contributed by atoms with Crippen LogP contribution in [0.15, 0.2) is 164 Å². The Kier molecular flexibility index (Phi) is 7.70. The number of halogens is 2. The normalized spacial score (nSPS) is 11.4. The molecule has 0 aliphatic rings. The molecule has 9 aromatic rings. The summed E-state index contributed by atoms with van der Waals surface area (Å²) in [5, 5.41) is 2.15. The fourth-order valence-corrected chi connectivity index (χ4v) is 7.00. The average Bonchev–Trinajstić information content (AvgIpc) is 3.52. The highest BCUT2D eigenvalue weighted by atomic mass is 19.1. The zero-order valence-electron chi connectivity index (χ0n) is 28.1. The number of benzene rings is 7. The summed E-state index contributed by atoms with van der Waals surface area (Å²) in [5.41, 5.74) is 8.58. The second-order valence-electron chi connectivity index (χ2n) is 12.8. The smallest absolute Gasteiger partial charge is 0.166 e. The second kappa shape index (κ2) is 12.8. The van der Waals surface area contributed by atoms with Gasteiger partial charge in [0.1, 0.15) is 11.6 Å². The Morgan fingerprint density at radius 2 is 0.981 bits per heavy atom. The van der Waals surface area contributed by atoms with Crippen molar-refractivity contribution in [3.8, 4) is 62.1 Å². The number of aromatic nitrogens is 4. The van der Waals surface area contributed by atoms with Gasteiger partial charge in [-0.05, 0) is 60.0 Å². The average molecular weight is 677 g/mol. The van der Waals surface area contributed by atoms with Crippen molar-refractivity contribution in [3.63, 3.8) is 0 Å². The van der Waals surface area contributed by atoms with E-state index >= 15 is 8.78 Å². The molecule has 0 bridgehead atoms. The Labute approximate surface area is 299 Å². The summed E-state index contributed by atoms with van der Waals surface area (Å²) in [6.45, 7) is 2.09. The molecule has 2 aromatic heterocycles. The monoisotopic (exact) mass is 676 g/mol. The largest absolute Gasteiger partial charge is 0.308 e. The third-order valence-corrected chi connectivity index (χ3v) is 9.45. The van der Waals surface area contributed by atoms with E-state index < -0.39 is 11.6 Å². The second-order valence-corrected chi connectivity index (χ2v) is 12.8. The molecule has 248 valence electrons. The van der Waals surface area contributed by atoms with Crippen LogP contribution in [0.25, 0.3) is 83.9 Å². The van der Waals surface area contributed by atoms with Crippen LogP contribution in [0.1, 0.15) is 5.56 Å². The molecule has 0 fully saturated rings. The van der Waals surface area contributed by atoms with Crippen molar-refractivity contribution in [2.75, 3.05) is 0 Å². The van der Waals surface area contributed by atoms with Gasteiger partial charge in [0.15, 0.2) is 17.5 Å². The van der Waals surface area contributed by atoms with E-state index in [1.54, 1.807) is 12.1 Å². The molecule has 0 radical (unpaired) electrons. The minimum Gasteiger partial charge on any atom is -0.308 e. The van der Waals surface area contributed by atoms with Crippen LogP contribution >= 0.6 is 0 Å². The van der Waals surface area contributed by atoms with E-state index in [9.17, 15) is 0 Å². The van der Waals surface area contributed by atoms with E-state index in [0.717, 1.165) is 49.7 Å². The Balaban J connectivity index is 1.37. The summed E-state index contributed by atoms with van der Waals surface area (Å²) in [6.07, 6.45) is 0. The molecule has 0 N–H and O–H groups in total. The molecule has 0 aliphatic heterocycles. The van der Waals surface area contributed by atoms with Crippen molar-refractivity contribution in [1.82, 2.24) is 19.5 Å². The molecule has 7 aromatic carbocycles. The van der Waals surface area contributed by atoms with Gasteiger partial charge in [-0.25, -0.2) is 23.7 Å². The maximum Gasteiger partial charge on any atom is 0.166 e. The first-order chi connectivity index (χ1) is 25.5. The molecule has 0 saturated heterocycles. The van der Waals surface area contributed by atoms with Crippen LogP contribution in [0.2, 0.25) is 0 Å².